The Morgan fingerprint density at radius 2 is 1.96 bits per heavy atom. The van der Waals surface area contributed by atoms with Gasteiger partial charge in [0.15, 0.2) is 0 Å². The molecule has 0 saturated heterocycles. The Balaban J connectivity index is 2.16. The molecule has 24 heavy (non-hydrogen) atoms. The summed E-state index contributed by atoms with van der Waals surface area (Å²) in [4.78, 5) is 11.3. The summed E-state index contributed by atoms with van der Waals surface area (Å²) in [6, 6.07) is 4.92. The molecule has 1 aromatic carbocycles. The molecule has 0 fully saturated rings. The Morgan fingerprint density at radius 1 is 1.25 bits per heavy atom. The lowest BCUT2D eigenvalue weighted by atomic mass is 10.2. The third kappa shape index (κ3) is 4.19. The van der Waals surface area contributed by atoms with Crippen LogP contribution >= 0.6 is 0 Å². The van der Waals surface area contributed by atoms with Gasteiger partial charge in [0.2, 0.25) is 0 Å². The summed E-state index contributed by atoms with van der Waals surface area (Å²) in [5.74, 6) is -0.482. The van der Waals surface area contributed by atoms with Crippen LogP contribution in [0.3, 0.4) is 0 Å². The highest BCUT2D eigenvalue weighted by Gasteiger charge is 2.48. The van der Waals surface area contributed by atoms with Crippen molar-refractivity contribution in [3.63, 3.8) is 0 Å². The number of alkyl halides is 3. The maximum atomic E-state index is 12.3. The molecule has 0 aliphatic rings. The van der Waals surface area contributed by atoms with Gasteiger partial charge in [-0.25, -0.2) is 0 Å². The maximum absolute atomic E-state index is 12.3. The Morgan fingerprint density at radius 3 is 2.58 bits per heavy atom. The molecular formula is C14H13F3O6S. The lowest BCUT2D eigenvalue weighted by Crippen LogP contribution is -2.27. The monoisotopic (exact) mass is 366 g/mol. The molecule has 10 heteroatoms. The zero-order valence-electron chi connectivity index (χ0n) is 12.4. The number of furan rings is 1. The van der Waals surface area contributed by atoms with E-state index in [-0.39, 0.29) is 19.4 Å². The number of carbonyl (C=O) groups is 1. The molecule has 0 bridgehead atoms. The number of hydrogen-bond donors (Lipinski definition) is 0. The van der Waals surface area contributed by atoms with E-state index in [0.717, 1.165) is 12.1 Å². The van der Waals surface area contributed by atoms with Gasteiger partial charge < -0.3 is 13.3 Å². The molecule has 0 unspecified atom stereocenters. The van der Waals surface area contributed by atoms with Gasteiger partial charge in [-0.15, -0.1) is 0 Å². The van der Waals surface area contributed by atoms with Crippen molar-refractivity contribution in [2.75, 3.05) is 6.61 Å². The van der Waals surface area contributed by atoms with Gasteiger partial charge in [0.1, 0.15) is 17.1 Å². The highest BCUT2D eigenvalue weighted by Crippen LogP contribution is 2.30. The lowest BCUT2D eigenvalue weighted by Gasteiger charge is -2.08. The standard InChI is InChI=1S/C14H13F3O6S/c1-2-21-13(18)6-4-10-7-9-8-11(3-5-12(9)22-10)23-24(19,20)14(15,16)17/h3,5,7-8H,2,4,6H2,1H3. The van der Waals surface area contributed by atoms with Crippen LogP contribution in [0.25, 0.3) is 11.0 Å². The Bertz CT molecular complexity index is 838. The normalized spacial score (nSPS) is 12.3. The molecule has 0 spiro atoms. The van der Waals surface area contributed by atoms with Crippen LogP contribution in [0.5, 0.6) is 5.75 Å². The second kappa shape index (κ2) is 6.71. The number of halogens is 3. The summed E-state index contributed by atoms with van der Waals surface area (Å²) in [6.07, 6.45) is 0.323. The topological polar surface area (TPSA) is 82.8 Å². The molecule has 6 nitrogen and oxygen atoms in total. The van der Waals surface area contributed by atoms with Crippen LogP contribution in [0.15, 0.2) is 28.7 Å². The van der Waals surface area contributed by atoms with Gasteiger partial charge >= 0.3 is 21.6 Å². The van der Waals surface area contributed by atoms with Crippen molar-refractivity contribution in [1.29, 1.82) is 0 Å². The van der Waals surface area contributed by atoms with E-state index in [9.17, 15) is 26.4 Å². The predicted octanol–water partition coefficient (Wildman–Crippen LogP) is 3.16. The molecule has 0 aliphatic carbocycles. The van der Waals surface area contributed by atoms with Crippen LogP contribution in [-0.2, 0) is 26.1 Å². The van der Waals surface area contributed by atoms with Crippen molar-refractivity contribution in [2.45, 2.75) is 25.3 Å². The average Bonchev–Trinajstić information content (AvgIpc) is 2.86. The lowest BCUT2D eigenvalue weighted by molar-refractivity contribution is -0.143. The van der Waals surface area contributed by atoms with Crippen molar-refractivity contribution in [3.05, 3.63) is 30.0 Å². The molecule has 1 heterocycles. The quantitative estimate of drug-likeness (QED) is 0.444. The van der Waals surface area contributed by atoms with Crippen LogP contribution < -0.4 is 4.18 Å². The summed E-state index contributed by atoms with van der Waals surface area (Å²) in [5.41, 5.74) is -5.19. The second-order valence-corrected chi connectivity index (χ2v) is 6.24. The molecule has 0 N–H and O–H groups in total. The molecule has 0 amide bonds. The van der Waals surface area contributed by atoms with Gasteiger partial charge in [-0.05, 0) is 31.2 Å². The number of hydrogen-bond acceptors (Lipinski definition) is 6. The fourth-order valence-electron chi connectivity index (χ4n) is 1.88. The predicted molar refractivity (Wildman–Crippen MR) is 76.8 cm³/mol. The first-order chi connectivity index (χ1) is 11.1. The molecule has 0 aliphatic heterocycles. The zero-order chi connectivity index (χ0) is 18.0. The Labute approximate surface area is 135 Å². The van der Waals surface area contributed by atoms with Crippen molar-refractivity contribution < 1.29 is 39.7 Å². The summed E-state index contributed by atoms with van der Waals surface area (Å²) < 4.78 is 73.1. The minimum atomic E-state index is -5.73. The van der Waals surface area contributed by atoms with Gasteiger partial charge in [0, 0.05) is 11.8 Å². The molecule has 0 atom stereocenters. The Hall–Kier alpha value is -2.23. The summed E-state index contributed by atoms with van der Waals surface area (Å²) in [7, 11) is -5.73. The van der Waals surface area contributed by atoms with Gasteiger partial charge in [0.25, 0.3) is 0 Å². The van der Waals surface area contributed by atoms with Crippen molar-refractivity contribution in [3.8, 4) is 5.75 Å². The van der Waals surface area contributed by atoms with Crippen LogP contribution in [-0.4, -0.2) is 26.5 Å². The van der Waals surface area contributed by atoms with Crippen LogP contribution in [0.4, 0.5) is 13.2 Å². The van der Waals surface area contributed by atoms with Crippen molar-refractivity contribution >= 4 is 27.1 Å². The number of fused-ring (bicyclic) bond motifs is 1. The van der Waals surface area contributed by atoms with Crippen molar-refractivity contribution in [2.24, 2.45) is 0 Å². The summed E-state index contributed by atoms with van der Waals surface area (Å²) in [6.45, 7) is 1.93. The van der Waals surface area contributed by atoms with Gasteiger partial charge in [-0.2, -0.15) is 21.6 Å². The first-order valence-electron chi connectivity index (χ1n) is 6.81. The molecule has 132 valence electrons. The number of esters is 1. The smallest absolute Gasteiger partial charge is 0.466 e. The highest BCUT2D eigenvalue weighted by molar-refractivity contribution is 7.88. The Kier molecular flexibility index (Phi) is 5.07. The zero-order valence-corrected chi connectivity index (χ0v) is 13.2. The minimum absolute atomic E-state index is 0.0828. The van der Waals surface area contributed by atoms with Crippen LogP contribution in [0.1, 0.15) is 19.1 Å². The van der Waals surface area contributed by atoms with E-state index >= 15 is 0 Å². The minimum Gasteiger partial charge on any atom is -0.466 e. The number of aryl methyl sites for hydroxylation is 1. The average molecular weight is 366 g/mol. The van der Waals surface area contributed by atoms with Gasteiger partial charge in [-0.1, -0.05) is 0 Å². The third-order valence-electron chi connectivity index (χ3n) is 2.91. The van der Waals surface area contributed by atoms with Gasteiger partial charge in [-0.3, -0.25) is 4.79 Å². The van der Waals surface area contributed by atoms with Crippen LogP contribution in [0.2, 0.25) is 0 Å². The van der Waals surface area contributed by atoms with Crippen molar-refractivity contribution in [1.82, 2.24) is 0 Å². The fraction of sp³-hybridized carbons (Fsp3) is 0.357. The first kappa shape index (κ1) is 18.1. The largest absolute Gasteiger partial charge is 0.534 e. The summed E-state index contributed by atoms with van der Waals surface area (Å²) >= 11 is 0. The molecule has 2 aromatic rings. The second-order valence-electron chi connectivity index (χ2n) is 4.70. The van der Waals surface area contributed by atoms with E-state index in [0.29, 0.717) is 16.7 Å². The number of ether oxygens (including phenoxy) is 1. The molecule has 0 saturated carbocycles. The van der Waals surface area contributed by atoms with E-state index < -0.39 is 27.3 Å². The van der Waals surface area contributed by atoms with Gasteiger partial charge in [0.05, 0.1) is 13.0 Å². The van der Waals surface area contributed by atoms with E-state index in [1.807, 2.05) is 0 Å². The maximum Gasteiger partial charge on any atom is 0.534 e. The number of rotatable bonds is 6. The van der Waals surface area contributed by atoms with E-state index in [2.05, 4.69) is 4.18 Å². The molecule has 2 rings (SSSR count). The van der Waals surface area contributed by atoms with E-state index in [1.54, 1.807) is 6.92 Å². The summed E-state index contributed by atoms with van der Waals surface area (Å²) in [5, 5.41) is 0.351. The highest BCUT2D eigenvalue weighted by atomic mass is 32.2. The number of benzene rings is 1. The van der Waals surface area contributed by atoms with E-state index in [4.69, 9.17) is 9.15 Å². The SMILES string of the molecule is CCOC(=O)CCc1cc2cc(OS(=O)(=O)C(F)(F)F)ccc2o1. The van der Waals surface area contributed by atoms with E-state index in [1.165, 1.54) is 12.1 Å². The molecular weight excluding hydrogens is 353 g/mol. The molecule has 1 aromatic heterocycles. The third-order valence-corrected chi connectivity index (χ3v) is 3.89. The molecule has 0 radical (unpaired) electrons. The first-order valence-corrected chi connectivity index (χ1v) is 8.22. The fourth-order valence-corrected chi connectivity index (χ4v) is 2.34. The van der Waals surface area contributed by atoms with Crippen LogP contribution in [0, 0.1) is 0 Å². The number of carbonyl (C=O) groups excluding carboxylic acids is 1.